The van der Waals surface area contributed by atoms with E-state index in [2.05, 4.69) is 5.10 Å². The van der Waals surface area contributed by atoms with Crippen molar-refractivity contribution in [2.75, 3.05) is 19.4 Å². The Balaban J connectivity index is 1.83. The third-order valence-corrected chi connectivity index (χ3v) is 4.66. The molecule has 3 aromatic rings. The Labute approximate surface area is 163 Å². The van der Waals surface area contributed by atoms with Crippen molar-refractivity contribution in [2.24, 2.45) is 0 Å². The van der Waals surface area contributed by atoms with E-state index in [0.29, 0.717) is 23.2 Å². The van der Waals surface area contributed by atoms with Gasteiger partial charge < -0.3 is 15.7 Å². The van der Waals surface area contributed by atoms with E-state index in [0.717, 1.165) is 5.56 Å². The summed E-state index contributed by atoms with van der Waals surface area (Å²) in [5.74, 6) is 0.103. The standard InChI is InChI=1S/C21H21N5O2/c1-25(19(11-12-27)15-5-3-2-4-6-15)21(28)16-7-9-18(10-8-16)26-20(23)17(13-22)14-24-26/h2-10,14,19,27H,11-12,23H2,1H3/t19-/m0/s1. The van der Waals surface area contributed by atoms with Gasteiger partial charge in [-0.3, -0.25) is 4.79 Å². The van der Waals surface area contributed by atoms with Crippen molar-refractivity contribution in [3.05, 3.63) is 77.5 Å². The number of nitrogens with zero attached hydrogens (tertiary/aromatic N) is 4. The first-order valence-corrected chi connectivity index (χ1v) is 8.83. The van der Waals surface area contributed by atoms with Crippen LogP contribution in [0.3, 0.4) is 0 Å². The van der Waals surface area contributed by atoms with Gasteiger partial charge in [0.25, 0.3) is 5.91 Å². The number of anilines is 1. The molecule has 1 amide bonds. The van der Waals surface area contributed by atoms with Crippen molar-refractivity contribution in [3.63, 3.8) is 0 Å². The second kappa shape index (κ2) is 8.37. The fourth-order valence-corrected chi connectivity index (χ4v) is 3.12. The van der Waals surface area contributed by atoms with Crippen LogP contribution in [0.2, 0.25) is 0 Å². The van der Waals surface area contributed by atoms with Gasteiger partial charge in [-0.05, 0) is 36.2 Å². The van der Waals surface area contributed by atoms with Crippen molar-refractivity contribution < 1.29 is 9.90 Å². The predicted octanol–water partition coefficient (Wildman–Crippen LogP) is 2.52. The maximum Gasteiger partial charge on any atom is 0.254 e. The molecule has 0 radical (unpaired) electrons. The van der Waals surface area contributed by atoms with Crippen molar-refractivity contribution in [2.45, 2.75) is 12.5 Å². The fraction of sp³-hybridized carbons (Fsp3) is 0.190. The molecule has 0 aliphatic carbocycles. The van der Waals surface area contributed by atoms with Gasteiger partial charge in [0, 0.05) is 19.2 Å². The Morgan fingerprint density at radius 3 is 2.50 bits per heavy atom. The molecule has 3 rings (SSSR count). The smallest absolute Gasteiger partial charge is 0.254 e. The van der Waals surface area contributed by atoms with E-state index in [-0.39, 0.29) is 24.4 Å². The molecule has 7 nitrogen and oxygen atoms in total. The monoisotopic (exact) mass is 375 g/mol. The summed E-state index contributed by atoms with van der Waals surface area (Å²) in [6.07, 6.45) is 1.85. The second-order valence-corrected chi connectivity index (χ2v) is 6.37. The minimum atomic E-state index is -0.224. The summed E-state index contributed by atoms with van der Waals surface area (Å²) in [4.78, 5) is 14.6. The quantitative estimate of drug-likeness (QED) is 0.688. The first-order valence-electron chi connectivity index (χ1n) is 8.83. The van der Waals surface area contributed by atoms with Gasteiger partial charge in [0.05, 0.1) is 17.9 Å². The van der Waals surface area contributed by atoms with Crippen molar-refractivity contribution in [3.8, 4) is 11.8 Å². The Bertz CT molecular complexity index is 990. The highest BCUT2D eigenvalue weighted by Crippen LogP contribution is 2.25. The molecule has 0 aliphatic rings. The molecule has 0 saturated carbocycles. The maximum absolute atomic E-state index is 13.0. The van der Waals surface area contributed by atoms with Crippen LogP contribution in [0.4, 0.5) is 5.82 Å². The normalized spacial score (nSPS) is 11.6. The average Bonchev–Trinajstić information content (AvgIpc) is 3.12. The minimum Gasteiger partial charge on any atom is -0.396 e. The van der Waals surface area contributed by atoms with E-state index in [4.69, 9.17) is 11.0 Å². The van der Waals surface area contributed by atoms with Crippen molar-refractivity contribution >= 4 is 11.7 Å². The Morgan fingerprint density at radius 1 is 1.25 bits per heavy atom. The van der Waals surface area contributed by atoms with Gasteiger partial charge >= 0.3 is 0 Å². The van der Waals surface area contributed by atoms with E-state index < -0.39 is 0 Å². The average molecular weight is 375 g/mol. The summed E-state index contributed by atoms with van der Waals surface area (Å²) in [5.41, 5.74) is 8.35. The van der Waals surface area contributed by atoms with Crippen molar-refractivity contribution in [1.82, 2.24) is 14.7 Å². The molecule has 28 heavy (non-hydrogen) atoms. The van der Waals surface area contributed by atoms with Crippen LogP contribution in [-0.2, 0) is 0 Å². The number of nitrogen functional groups attached to an aromatic ring is 1. The van der Waals surface area contributed by atoms with Crippen molar-refractivity contribution in [1.29, 1.82) is 5.26 Å². The van der Waals surface area contributed by atoms with Gasteiger partial charge in [0.2, 0.25) is 0 Å². The zero-order valence-corrected chi connectivity index (χ0v) is 15.5. The molecule has 2 aromatic carbocycles. The van der Waals surface area contributed by atoms with E-state index >= 15 is 0 Å². The zero-order valence-electron chi connectivity index (χ0n) is 15.5. The van der Waals surface area contributed by atoms with Crippen LogP contribution in [0, 0.1) is 11.3 Å². The molecule has 0 bridgehead atoms. The summed E-state index contributed by atoms with van der Waals surface area (Å²) >= 11 is 0. The highest BCUT2D eigenvalue weighted by atomic mass is 16.3. The van der Waals surface area contributed by atoms with E-state index in [1.54, 1.807) is 36.2 Å². The SMILES string of the molecule is CN(C(=O)c1ccc(-n2ncc(C#N)c2N)cc1)[C@@H](CCO)c1ccccc1. The first kappa shape index (κ1) is 19.1. The summed E-state index contributed by atoms with van der Waals surface area (Å²) in [5, 5.41) is 22.5. The molecule has 7 heteroatoms. The van der Waals surface area contributed by atoms with E-state index in [1.807, 2.05) is 36.4 Å². The molecule has 1 aromatic heterocycles. The van der Waals surface area contributed by atoms with Gasteiger partial charge in [0.1, 0.15) is 17.5 Å². The van der Waals surface area contributed by atoms with Gasteiger partial charge in [-0.15, -0.1) is 0 Å². The molecule has 0 spiro atoms. The molecule has 142 valence electrons. The van der Waals surface area contributed by atoms with Crippen LogP contribution >= 0.6 is 0 Å². The zero-order chi connectivity index (χ0) is 20.1. The molecule has 0 unspecified atom stereocenters. The number of carbonyl (C=O) groups is 1. The van der Waals surface area contributed by atoms with Crippen LogP contribution in [-0.4, -0.2) is 39.3 Å². The number of amides is 1. The Morgan fingerprint density at radius 2 is 1.93 bits per heavy atom. The molecule has 0 fully saturated rings. The topological polar surface area (TPSA) is 108 Å². The molecular formula is C21H21N5O2. The number of nitriles is 1. The first-order chi connectivity index (χ1) is 13.6. The molecule has 1 heterocycles. The minimum absolute atomic E-state index is 0.0179. The molecule has 0 saturated heterocycles. The highest BCUT2D eigenvalue weighted by molar-refractivity contribution is 5.94. The number of rotatable bonds is 6. The summed E-state index contributed by atoms with van der Waals surface area (Å²) in [6, 6.07) is 18.2. The van der Waals surface area contributed by atoms with Crippen LogP contribution < -0.4 is 5.73 Å². The predicted molar refractivity (Wildman–Crippen MR) is 106 cm³/mol. The summed E-state index contributed by atoms with van der Waals surface area (Å²) in [6.45, 7) is -0.0179. The highest BCUT2D eigenvalue weighted by Gasteiger charge is 2.22. The fourth-order valence-electron chi connectivity index (χ4n) is 3.12. The van der Waals surface area contributed by atoms with Crippen LogP contribution in [0.25, 0.3) is 5.69 Å². The van der Waals surface area contributed by atoms with Crippen LogP contribution in [0.5, 0.6) is 0 Å². The van der Waals surface area contributed by atoms with Gasteiger partial charge in [-0.1, -0.05) is 30.3 Å². The number of hydrogen-bond donors (Lipinski definition) is 2. The van der Waals surface area contributed by atoms with E-state index in [1.165, 1.54) is 10.9 Å². The van der Waals surface area contributed by atoms with Gasteiger partial charge in [-0.25, -0.2) is 4.68 Å². The molecule has 1 atom stereocenters. The third kappa shape index (κ3) is 3.72. The lowest BCUT2D eigenvalue weighted by atomic mass is 10.0. The largest absolute Gasteiger partial charge is 0.396 e. The number of aliphatic hydroxyl groups excluding tert-OH is 1. The maximum atomic E-state index is 13.0. The van der Waals surface area contributed by atoms with Crippen LogP contribution in [0.1, 0.15) is 33.9 Å². The van der Waals surface area contributed by atoms with Gasteiger partial charge in [-0.2, -0.15) is 10.4 Å². The van der Waals surface area contributed by atoms with Gasteiger partial charge in [0.15, 0.2) is 0 Å². The third-order valence-electron chi connectivity index (χ3n) is 4.66. The number of hydrogen-bond acceptors (Lipinski definition) is 5. The Hall–Kier alpha value is -3.63. The second-order valence-electron chi connectivity index (χ2n) is 6.37. The molecule has 0 aliphatic heterocycles. The number of benzene rings is 2. The number of carbonyl (C=O) groups excluding carboxylic acids is 1. The molecular weight excluding hydrogens is 354 g/mol. The summed E-state index contributed by atoms with van der Waals surface area (Å²) < 4.78 is 1.45. The van der Waals surface area contributed by atoms with Crippen LogP contribution in [0.15, 0.2) is 60.8 Å². The number of aliphatic hydroxyl groups is 1. The lowest BCUT2D eigenvalue weighted by Gasteiger charge is -2.28. The Kier molecular flexibility index (Phi) is 5.72. The summed E-state index contributed by atoms with van der Waals surface area (Å²) in [7, 11) is 1.73. The lowest BCUT2D eigenvalue weighted by molar-refractivity contribution is 0.0705. The van der Waals surface area contributed by atoms with E-state index in [9.17, 15) is 9.90 Å². The number of aromatic nitrogens is 2. The molecule has 3 N–H and O–H groups in total. The lowest BCUT2D eigenvalue weighted by Crippen LogP contribution is -2.31. The number of nitrogens with two attached hydrogens (primary N) is 1.